The first-order valence-corrected chi connectivity index (χ1v) is 9.69. The van der Waals surface area contributed by atoms with Gasteiger partial charge < -0.3 is 14.4 Å². The molecule has 2 aromatic carbocycles. The van der Waals surface area contributed by atoms with Gasteiger partial charge in [-0.15, -0.1) is 0 Å². The Bertz CT molecular complexity index is 942. The van der Waals surface area contributed by atoms with E-state index in [1.807, 2.05) is 24.3 Å². The Morgan fingerprint density at radius 2 is 1.76 bits per heavy atom. The Balaban J connectivity index is 1.39. The number of benzene rings is 2. The van der Waals surface area contributed by atoms with Crippen LogP contribution in [0.25, 0.3) is 0 Å². The van der Waals surface area contributed by atoms with Crippen LogP contribution in [0.3, 0.4) is 0 Å². The fraction of sp³-hybridized carbons (Fsp3) is 0.318. The molecular formula is C22H22N2O5. The number of nitrogens with zero attached hydrogens (tertiary/aromatic N) is 2. The van der Waals surface area contributed by atoms with E-state index < -0.39 is 5.97 Å². The van der Waals surface area contributed by atoms with Crippen LogP contribution in [0.5, 0.6) is 5.75 Å². The molecular weight excluding hydrogens is 372 g/mol. The summed E-state index contributed by atoms with van der Waals surface area (Å²) < 4.78 is 10.8. The fourth-order valence-corrected chi connectivity index (χ4v) is 3.68. The van der Waals surface area contributed by atoms with Crippen molar-refractivity contribution < 1.29 is 23.9 Å². The van der Waals surface area contributed by atoms with Gasteiger partial charge in [-0.05, 0) is 36.6 Å². The molecule has 2 aliphatic heterocycles. The lowest BCUT2D eigenvalue weighted by molar-refractivity contribution is -0.147. The molecule has 0 aromatic heterocycles. The Kier molecular flexibility index (Phi) is 5.46. The van der Waals surface area contributed by atoms with E-state index in [9.17, 15) is 14.4 Å². The van der Waals surface area contributed by atoms with Crippen LogP contribution in [-0.2, 0) is 25.5 Å². The molecule has 2 aromatic rings. The van der Waals surface area contributed by atoms with E-state index in [4.69, 9.17) is 9.47 Å². The molecule has 2 heterocycles. The molecule has 2 amide bonds. The minimum absolute atomic E-state index is 0.172. The molecule has 0 aliphatic carbocycles. The molecule has 2 aliphatic rings. The normalized spacial score (nSPS) is 15.7. The van der Waals surface area contributed by atoms with Gasteiger partial charge in [-0.1, -0.05) is 30.3 Å². The number of amides is 2. The molecule has 0 spiro atoms. The second-order valence-electron chi connectivity index (χ2n) is 6.98. The third-order valence-corrected chi connectivity index (χ3v) is 5.09. The van der Waals surface area contributed by atoms with Gasteiger partial charge in [-0.25, -0.2) is 0 Å². The van der Waals surface area contributed by atoms with Crippen molar-refractivity contribution in [3.8, 4) is 5.75 Å². The Morgan fingerprint density at radius 3 is 2.62 bits per heavy atom. The van der Waals surface area contributed by atoms with Gasteiger partial charge in [0, 0.05) is 12.2 Å². The first-order valence-electron chi connectivity index (χ1n) is 9.69. The van der Waals surface area contributed by atoms with Gasteiger partial charge in [0.05, 0.1) is 18.7 Å². The summed E-state index contributed by atoms with van der Waals surface area (Å²) in [6.07, 6.45) is 1.97. The summed E-state index contributed by atoms with van der Waals surface area (Å²) in [4.78, 5) is 40.4. The number of aryl methyl sites for hydroxylation is 1. The van der Waals surface area contributed by atoms with Crippen molar-refractivity contribution in [2.24, 2.45) is 0 Å². The summed E-state index contributed by atoms with van der Waals surface area (Å²) in [6.45, 7) is 0.243. The van der Waals surface area contributed by atoms with Crippen molar-refractivity contribution in [3.05, 3.63) is 54.1 Å². The zero-order valence-electron chi connectivity index (χ0n) is 16.0. The number of fused-ring (bicyclic) bond motifs is 2. The summed E-state index contributed by atoms with van der Waals surface area (Å²) in [5.74, 6) is -0.569. The number of para-hydroxylation sites is 3. The maximum Gasteiger partial charge on any atom is 0.326 e. The van der Waals surface area contributed by atoms with Gasteiger partial charge in [0.15, 0.2) is 6.61 Å². The predicted molar refractivity (Wildman–Crippen MR) is 107 cm³/mol. The van der Waals surface area contributed by atoms with Crippen LogP contribution in [-0.4, -0.2) is 44.1 Å². The van der Waals surface area contributed by atoms with Gasteiger partial charge in [0.1, 0.15) is 12.3 Å². The number of carbonyl (C=O) groups excluding carboxylic acids is 3. The summed E-state index contributed by atoms with van der Waals surface area (Å²) in [5, 5.41) is 0. The van der Waals surface area contributed by atoms with Gasteiger partial charge >= 0.3 is 5.97 Å². The molecule has 0 unspecified atom stereocenters. The Morgan fingerprint density at radius 1 is 1.00 bits per heavy atom. The average molecular weight is 394 g/mol. The second-order valence-corrected chi connectivity index (χ2v) is 6.98. The SMILES string of the molecule is O=C(CN1C(=O)CCOc2ccccc21)OCC(=O)N1CCCc2ccccc21. The van der Waals surface area contributed by atoms with E-state index in [1.165, 1.54) is 4.90 Å². The smallest absolute Gasteiger partial charge is 0.326 e. The molecule has 4 rings (SSSR count). The summed E-state index contributed by atoms with van der Waals surface area (Å²) in [5.41, 5.74) is 2.52. The van der Waals surface area contributed by atoms with Gasteiger partial charge in [-0.2, -0.15) is 0 Å². The molecule has 0 saturated carbocycles. The highest BCUT2D eigenvalue weighted by Crippen LogP contribution is 2.31. The summed E-state index contributed by atoms with van der Waals surface area (Å²) >= 11 is 0. The second kappa shape index (κ2) is 8.34. The molecule has 0 radical (unpaired) electrons. The van der Waals surface area contributed by atoms with Crippen LogP contribution in [0.2, 0.25) is 0 Å². The van der Waals surface area contributed by atoms with Gasteiger partial charge in [0.25, 0.3) is 5.91 Å². The Labute approximate surface area is 168 Å². The quantitative estimate of drug-likeness (QED) is 0.744. The molecule has 0 saturated heterocycles. The molecule has 7 nitrogen and oxygen atoms in total. The van der Waals surface area contributed by atoms with Crippen LogP contribution < -0.4 is 14.5 Å². The van der Waals surface area contributed by atoms with E-state index in [2.05, 4.69) is 0 Å². The van der Waals surface area contributed by atoms with Crippen molar-refractivity contribution in [1.82, 2.24) is 0 Å². The number of hydrogen-bond acceptors (Lipinski definition) is 5. The zero-order chi connectivity index (χ0) is 20.2. The van der Waals surface area contributed by atoms with Crippen molar-refractivity contribution in [2.45, 2.75) is 19.3 Å². The first-order chi connectivity index (χ1) is 14.1. The van der Waals surface area contributed by atoms with E-state index in [0.717, 1.165) is 24.1 Å². The van der Waals surface area contributed by atoms with Crippen LogP contribution in [0.15, 0.2) is 48.5 Å². The largest absolute Gasteiger partial charge is 0.491 e. The molecule has 0 fully saturated rings. The minimum Gasteiger partial charge on any atom is -0.491 e. The van der Waals surface area contributed by atoms with Crippen LogP contribution in [0.4, 0.5) is 11.4 Å². The Hall–Kier alpha value is -3.35. The third-order valence-electron chi connectivity index (χ3n) is 5.09. The fourth-order valence-electron chi connectivity index (χ4n) is 3.68. The predicted octanol–water partition coefficient (Wildman–Crippen LogP) is 2.32. The molecule has 0 atom stereocenters. The lowest BCUT2D eigenvalue weighted by Gasteiger charge is -2.29. The van der Waals surface area contributed by atoms with Gasteiger partial charge in [-0.3, -0.25) is 19.3 Å². The number of hydrogen-bond donors (Lipinski definition) is 0. The standard InChI is InChI=1S/C22H22N2O5/c25-20-11-13-28-19-10-4-3-9-18(19)24(20)14-22(27)29-15-21(26)23-12-5-7-16-6-1-2-8-17(16)23/h1-4,6,8-10H,5,7,11-15H2. The maximum atomic E-state index is 12.6. The van der Waals surface area contributed by atoms with Crippen molar-refractivity contribution in [3.63, 3.8) is 0 Å². The topological polar surface area (TPSA) is 76.1 Å². The van der Waals surface area contributed by atoms with E-state index in [0.29, 0.717) is 18.0 Å². The van der Waals surface area contributed by atoms with Crippen LogP contribution >= 0.6 is 0 Å². The van der Waals surface area contributed by atoms with E-state index >= 15 is 0 Å². The summed E-state index contributed by atoms with van der Waals surface area (Å²) in [6, 6.07) is 14.8. The zero-order valence-corrected chi connectivity index (χ0v) is 16.0. The summed E-state index contributed by atoms with van der Waals surface area (Å²) in [7, 11) is 0. The third kappa shape index (κ3) is 4.08. The number of ether oxygens (including phenoxy) is 2. The highest BCUT2D eigenvalue weighted by atomic mass is 16.5. The molecule has 7 heteroatoms. The molecule has 0 bridgehead atoms. The average Bonchev–Trinajstić information content (AvgIpc) is 2.90. The van der Waals surface area contributed by atoms with E-state index in [1.54, 1.807) is 29.2 Å². The lowest BCUT2D eigenvalue weighted by Crippen LogP contribution is -2.40. The monoisotopic (exact) mass is 394 g/mol. The minimum atomic E-state index is -0.631. The van der Waals surface area contributed by atoms with E-state index in [-0.39, 0.29) is 38.0 Å². The number of rotatable bonds is 4. The molecule has 0 N–H and O–H groups in total. The first kappa shape index (κ1) is 19.0. The molecule has 150 valence electrons. The van der Waals surface area contributed by atoms with Crippen molar-refractivity contribution in [2.75, 3.05) is 36.1 Å². The molecule has 29 heavy (non-hydrogen) atoms. The maximum absolute atomic E-state index is 12.6. The highest BCUT2D eigenvalue weighted by Gasteiger charge is 2.27. The number of esters is 1. The highest BCUT2D eigenvalue weighted by molar-refractivity contribution is 6.00. The number of carbonyl (C=O) groups is 3. The lowest BCUT2D eigenvalue weighted by atomic mass is 10.0. The van der Waals surface area contributed by atoms with Gasteiger partial charge in [0.2, 0.25) is 5.91 Å². The van der Waals surface area contributed by atoms with Crippen molar-refractivity contribution >= 4 is 29.2 Å². The number of anilines is 2. The van der Waals surface area contributed by atoms with Crippen LogP contribution in [0, 0.1) is 0 Å². The van der Waals surface area contributed by atoms with Crippen molar-refractivity contribution in [1.29, 1.82) is 0 Å². The van der Waals surface area contributed by atoms with Crippen LogP contribution in [0.1, 0.15) is 18.4 Å².